The summed E-state index contributed by atoms with van der Waals surface area (Å²) < 4.78 is -0.0978. The van der Waals surface area contributed by atoms with E-state index in [1.807, 2.05) is 20.1 Å². The number of carbonyl (C=O) groups excluding carboxylic acids is 1. The van der Waals surface area contributed by atoms with Gasteiger partial charge in [-0.15, -0.1) is 0 Å². The number of hydrogen-bond donors (Lipinski definition) is 4. The van der Waals surface area contributed by atoms with Crippen molar-refractivity contribution in [2.45, 2.75) is 31.1 Å². The highest BCUT2D eigenvalue weighted by Gasteiger charge is 2.22. The Balaban J connectivity index is 2.49. The molecule has 7 nitrogen and oxygen atoms in total. The summed E-state index contributed by atoms with van der Waals surface area (Å²) >= 11 is 1.63. The lowest BCUT2D eigenvalue weighted by molar-refractivity contribution is -0.139. The summed E-state index contributed by atoms with van der Waals surface area (Å²) in [7, 11) is 0. The maximum Gasteiger partial charge on any atom is 0.326 e. The molecule has 0 spiro atoms. The summed E-state index contributed by atoms with van der Waals surface area (Å²) in [5.41, 5.74) is 0.655. The van der Waals surface area contributed by atoms with Gasteiger partial charge in [0, 0.05) is 29.6 Å². The molecule has 1 aromatic heterocycles. The Morgan fingerprint density at radius 3 is 2.75 bits per heavy atom. The number of carboxylic acid groups (broad SMARTS) is 1. The minimum Gasteiger partial charge on any atom is -0.480 e. The van der Waals surface area contributed by atoms with Crippen LogP contribution in [-0.4, -0.2) is 50.7 Å². The van der Waals surface area contributed by atoms with E-state index in [4.69, 9.17) is 5.11 Å². The summed E-state index contributed by atoms with van der Waals surface area (Å²) in [4.78, 5) is 29.5. The predicted molar refractivity (Wildman–Crippen MR) is 77.8 cm³/mol. The number of amides is 2. The first-order chi connectivity index (χ1) is 9.34. The van der Waals surface area contributed by atoms with Crippen molar-refractivity contribution in [3.05, 3.63) is 18.2 Å². The van der Waals surface area contributed by atoms with Gasteiger partial charge in [0.05, 0.1) is 6.33 Å². The number of H-pyrrole nitrogens is 1. The molecule has 0 aliphatic heterocycles. The normalized spacial score (nSPS) is 12.8. The van der Waals surface area contributed by atoms with Crippen molar-refractivity contribution in [2.75, 3.05) is 12.8 Å². The molecule has 0 fully saturated rings. The third-order valence-electron chi connectivity index (χ3n) is 2.81. The van der Waals surface area contributed by atoms with Crippen molar-refractivity contribution in [1.82, 2.24) is 20.6 Å². The van der Waals surface area contributed by atoms with Gasteiger partial charge >= 0.3 is 12.0 Å². The SMILES string of the molecule is CSC(C)(C)CNC(=O)N[C@@H](Cc1cnc[nH]1)C(=O)O. The van der Waals surface area contributed by atoms with Crippen molar-refractivity contribution in [2.24, 2.45) is 0 Å². The zero-order valence-electron chi connectivity index (χ0n) is 11.8. The third kappa shape index (κ3) is 5.52. The van der Waals surface area contributed by atoms with E-state index in [0.29, 0.717) is 12.2 Å². The molecular formula is C12H20N4O3S. The number of thioether (sulfide) groups is 1. The van der Waals surface area contributed by atoms with Crippen LogP contribution < -0.4 is 10.6 Å². The van der Waals surface area contributed by atoms with Crippen LogP contribution in [0.5, 0.6) is 0 Å². The number of aromatic nitrogens is 2. The molecule has 1 heterocycles. The molecule has 0 unspecified atom stereocenters. The summed E-state index contributed by atoms with van der Waals surface area (Å²) in [6, 6.07) is -1.48. The fraction of sp³-hybridized carbons (Fsp3) is 0.583. The van der Waals surface area contributed by atoms with Gasteiger partial charge in [0.1, 0.15) is 6.04 Å². The van der Waals surface area contributed by atoms with E-state index in [-0.39, 0.29) is 11.2 Å². The maximum absolute atomic E-state index is 11.7. The van der Waals surface area contributed by atoms with Crippen LogP contribution in [0.1, 0.15) is 19.5 Å². The molecule has 2 amide bonds. The topological polar surface area (TPSA) is 107 Å². The second kappa shape index (κ2) is 7.18. The number of carboxylic acids is 1. The summed E-state index contributed by atoms with van der Waals surface area (Å²) in [5, 5.41) is 14.2. The number of urea groups is 1. The number of nitrogens with one attached hydrogen (secondary N) is 3. The third-order valence-corrected chi connectivity index (χ3v) is 4.06. The molecular weight excluding hydrogens is 280 g/mol. The molecule has 0 radical (unpaired) electrons. The molecule has 0 saturated carbocycles. The highest BCUT2D eigenvalue weighted by Crippen LogP contribution is 2.19. The second-order valence-corrected chi connectivity index (χ2v) is 6.48. The molecule has 0 saturated heterocycles. The fourth-order valence-electron chi connectivity index (χ4n) is 1.39. The summed E-state index contributed by atoms with van der Waals surface area (Å²) in [6.07, 6.45) is 5.12. The Morgan fingerprint density at radius 1 is 1.55 bits per heavy atom. The lowest BCUT2D eigenvalue weighted by atomic mass is 10.1. The van der Waals surface area contributed by atoms with Crippen LogP contribution in [0, 0.1) is 0 Å². The van der Waals surface area contributed by atoms with Crippen LogP contribution >= 0.6 is 11.8 Å². The van der Waals surface area contributed by atoms with E-state index < -0.39 is 18.0 Å². The van der Waals surface area contributed by atoms with Crippen LogP contribution in [0.3, 0.4) is 0 Å². The van der Waals surface area contributed by atoms with Gasteiger partial charge in [0.25, 0.3) is 0 Å². The molecule has 1 rings (SSSR count). The van der Waals surface area contributed by atoms with Gasteiger partial charge in [0.15, 0.2) is 0 Å². The van der Waals surface area contributed by atoms with E-state index in [2.05, 4.69) is 20.6 Å². The van der Waals surface area contributed by atoms with Crippen molar-refractivity contribution in [3.8, 4) is 0 Å². The van der Waals surface area contributed by atoms with E-state index >= 15 is 0 Å². The van der Waals surface area contributed by atoms with Crippen LogP contribution in [0.4, 0.5) is 4.79 Å². The van der Waals surface area contributed by atoms with E-state index in [9.17, 15) is 9.59 Å². The molecule has 0 aliphatic carbocycles. The minimum absolute atomic E-state index is 0.0978. The minimum atomic E-state index is -1.08. The standard InChI is InChI=1S/C12H20N4O3S/c1-12(2,20-3)6-14-11(19)16-9(10(17)18)4-8-5-13-7-15-8/h5,7,9H,4,6H2,1-3H3,(H,13,15)(H,17,18)(H2,14,16,19)/t9-/m0/s1. The molecule has 1 atom stereocenters. The number of nitrogens with zero attached hydrogens (tertiary/aromatic N) is 1. The molecule has 8 heteroatoms. The number of imidazole rings is 1. The van der Waals surface area contributed by atoms with Crippen molar-refractivity contribution < 1.29 is 14.7 Å². The first kappa shape index (κ1) is 16.4. The molecule has 0 aromatic carbocycles. The monoisotopic (exact) mass is 300 g/mol. The number of aromatic amines is 1. The number of carbonyl (C=O) groups is 2. The van der Waals surface area contributed by atoms with Crippen molar-refractivity contribution in [1.29, 1.82) is 0 Å². The Labute approximate surface area is 121 Å². The number of aliphatic carboxylic acids is 1. The highest BCUT2D eigenvalue weighted by molar-refractivity contribution is 7.99. The summed E-state index contributed by atoms with van der Waals surface area (Å²) in [6.45, 7) is 4.45. The average Bonchev–Trinajstić information content (AvgIpc) is 2.88. The zero-order chi connectivity index (χ0) is 15.2. The number of rotatable bonds is 7. The molecule has 0 bridgehead atoms. The lowest BCUT2D eigenvalue weighted by Gasteiger charge is -2.23. The molecule has 0 aliphatic rings. The Bertz CT molecular complexity index is 448. The zero-order valence-corrected chi connectivity index (χ0v) is 12.6. The molecule has 112 valence electrons. The van der Waals surface area contributed by atoms with Crippen molar-refractivity contribution >= 4 is 23.8 Å². The van der Waals surface area contributed by atoms with E-state index in [0.717, 1.165) is 0 Å². The maximum atomic E-state index is 11.7. The van der Waals surface area contributed by atoms with Crippen LogP contribution in [-0.2, 0) is 11.2 Å². The van der Waals surface area contributed by atoms with Crippen molar-refractivity contribution in [3.63, 3.8) is 0 Å². The van der Waals surface area contributed by atoms with Crippen LogP contribution in [0.2, 0.25) is 0 Å². The Morgan fingerprint density at radius 2 is 2.25 bits per heavy atom. The molecule has 4 N–H and O–H groups in total. The summed E-state index contributed by atoms with van der Waals surface area (Å²) in [5.74, 6) is -1.08. The van der Waals surface area contributed by atoms with E-state index in [1.165, 1.54) is 12.5 Å². The van der Waals surface area contributed by atoms with Gasteiger partial charge in [-0.2, -0.15) is 11.8 Å². The van der Waals surface area contributed by atoms with Gasteiger partial charge in [-0.05, 0) is 20.1 Å². The average molecular weight is 300 g/mol. The van der Waals surface area contributed by atoms with Gasteiger partial charge in [-0.1, -0.05) is 0 Å². The smallest absolute Gasteiger partial charge is 0.326 e. The molecule has 1 aromatic rings. The Kier molecular flexibility index (Phi) is 5.87. The van der Waals surface area contributed by atoms with Crippen LogP contribution in [0.15, 0.2) is 12.5 Å². The largest absolute Gasteiger partial charge is 0.480 e. The van der Waals surface area contributed by atoms with Gasteiger partial charge < -0.3 is 20.7 Å². The molecule has 20 heavy (non-hydrogen) atoms. The van der Waals surface area contributed by atoms with E-state index in [1.54, 1.807) is 11.8 Å². The fourth-order valence-corrected chi connectivity index (χ4v) is 1.61. The first-order valence-corrected chi connectivity index (χ1v) is 7.36. The number of hydrogen-bond acceptors (Lipinski definition) is 4. The lowest BCUT2D eigenvalue weighted by Crippen LogP contribution is -2.49. The van der Waals surface area contributed by atoms with Gasteiger partial charge in [0.2, 0.25) is 0 Å². The quantitative estimate of drug-likeness (QED) is 0.597. The van der Waals surface area contributed by atoms with Gasteiger partial charge in [-0.3, -0.25) is 0 Å². The van der Waals surface area contributed by atoms with Crippen LogP contribution in [0.25, 0.3) is 0 Å². The Hall–Kier alpha value is -1.70. The second-order valence-electron chi connectivity index (χ2n) is 4.96. The highest BCUT2D eigenvalue weighted by atomic mass is 32.2. The van der Waals surface area contributed by atoms with Gasteiger partial charge in [-0.25, -0.2) is 14.6 Å². The predicted octanol–water partition coefficient (Wildman–Crippen LogP) is 0.846. The first-order valence-electron chi connectivity index (χ1n) is 6.13.